The molecule has 2 N–H and O–H groups in total. The van der Waals surface area contributed by atoms with Crippen molar-refractivity contribution in [1.82, 2.24) is 0 Å². The molecule has 26 heavy (non-hydrogen) atoms. The lowest BCUT2D eigenvalue weighted by molar-refractivity contribution is -0.118. The quantitative estimate of drug-likeness (QED) is 0.828. The van der Waals surface area contributed by atoms with E-state index in [-0.39, 0.29) is 24.3 Å². The van der Waals surface area contributed by atoms with Gasteiger partial charge in [0.2, 0.25) is 5.91 Å². The van der Waals surface area contributed by atoms with Crippen LogP contribution in [0.25, 0.3) is 0 Å². The van der Waals surface area contributed by atoms with Crippen molar-refractivity contribution in [1.29, 1.82) is 0 Å². The summed E-state index contributed by atoms with van der Waals surface area (Å²) >= 11 is 0. The molecular weight excluding hydrogens is 334 g/mol. The number of fused-ring (bicyclic) bond motifs is 1. The minimum absolute atomic E-state index is 0.0200. The van der Waals surface area contributed by atoms with E-state index in [0.29, 0.717) is 28.4 Å². The predicted molar refractivity (Wildman–Crippen MR) is 98.6 cm³/mol. The van der Waals surface area contributed by atoms with Crippen LogP contribution in [0, 0.1) is 0 Å². The van der Waals surface area contributed by atoms with Crippen LogP contribution in [-0.2, 0) is 9.59 Å². The van der Waals surface area contributed by atoms with Crippen molar-refractivity contribution in [2.45, 2.75) is 0 Å². The summed E-state index contributed by atoms with van der Waals surface area (Å²) in [6, 6.07) is 11.6. The minimum Gasteiger partial charge on any atom is -0.482 e. The summed E-state index contributed by atoms with van der Waals surface area (Å²) in [5, 5.41) is 5.45. The Labute approximate surface area is 150 Å². The summed E-state index contributed by atoms with van der Waals surface area (Å²) in [5.74, 6) is -0.227. The Hall–Kier alpha value is -3.61. The number of benzene rings is 2. The Morgan fingerprint density at radius 2 is 1.96 bits per heavy atom. The average Bonchev–Trinajstić information content (AvgIpc) is 2.66. The molecule has 0 spiro atoms. The van der Waals surface area contributed by atoms with Crippen LogP contribution in [-0.4, -0.2) is 31.4 Å². The van der Waals surface area contributed by atoms with Crippen LogP contribution in [0.3, 0.4) is 0 Å². The third-order valence-electron chi connectivity index (χ3n) is 3.89. The third-order valence-corrected chi connectivity index (χ3v) is 3.89. The highest BCUT2D eigenvalue weighted by atomic mass is 16.5. The first kappa shape index (κ1) is 17.2. The van der Waals surface area contributed by atoms with E-state index < -0.39 is 0 Å². The zero-order chi connectivity index (χ0) is 18.7. The number of nitrogens with zero attached hydrogens (tertiary/aromatic N) is 1. The second kappa shape index (κ2) is 7.10. The van der Waals surface area contributed by atoms with E-state index in [4.69, 9.17) is 4.74 Å². The van der Waals surface area contributed by atoms with Crippen molar-refractivity contribution in [3.05, 3.63) is 60.7 Å². The standard InChI is InChI=1S/C19H17N3O4/c1-3-18(24)22(2)14-7-4-12(5-8-14)19(25)20-13-6-9-16-15(10-13)21-17(23)11-26-16/h3-10H,1,11H2,2H3,(H,20,25)(H,21,23). The van der Waals surface area contributed by atoms with Gasteiger partial charge in [0.05, 0.1) is 5.69 Å². The van der Waals surface area contributed by atoms with E-state index in [0.717, 1.165) is 0 Å². The van der Waals surface area contributed by atoms with Crippen LogP contribution in [0.15, 0.2) is 55.1 Å². The van der Waals surface area contributed by atoms with E-state index in [9.17, 15) is 14.4 Å². The summed E-state index contributed by atoms with van der Waals surface area (Å²) in [4.78, 5) is 36.8. The molecule has 0 fully saturated rings. The molecule has 7 heteroatoms. The maximum absolute atomic E-state index is 12.4. The smallest absolute Gasteiger partial charge is 0.262 e. The van der Waals surface area contributed by atoms with Crippen LogP contribution in [0.4, 0.5) is 17.1 Å². The highest BCUT2D eigenvalue weighted by Crippen LogP contribution is 2.30. The first-order valence-electron chi connectivity index (χ1n) is 7.86. The number of amides is 3. The van der Waals surface area contributed by atoms with Crippen molar-refractivity contribution in [3.8, 4) is 5.75 Å². The lowest BCUT2D eigenvalue weighted by atomic mass is 10.1. The van der Waals surface area contributed by atoms with E-state index >= 15 is 0 Å². The monoisotopic (exact) mass is 351 g/mol. The molecule has 1 heterocycles. The van der Waals surface area contributed by atoms with Gasteiger partial charge in [0.1, 0.15) is 5.75 Å². The van der Waals surface area contributed by atoms with Gasteiger partial charge in [-0.1, -0.05) is 6.58 Å². The van der Waals surface area contributed by atoms with Crippen molar-refractivity contribution >= 4 is 34.8 Å². The van der Waals surface area contributed by atoms with E-state index in [1.54, 1.807) is 49.5 Å². The lowest BCUT2D eigenvalue weighted by Crippen LogP contribution is -2.25. The van der Waals surface area contributed by atoms with Gasteiger partial charge in [0.15, 0.2) is 6.61 Å². The topological polar surface area (TPSA) is 87.7 Å². The van der Waals surface area contributed by atoms with E-state index in [1.807, 2.05) is 0 Å². The fourth-order valence-electron chi connectivity index (χ4n) is 2.46. The second-order valence-electron chi connectivity index (χ2n) is 5.65. The summed E-state index contributed by atoms with van der Waals surface area (Å²) in [7, 11) is 1.63. The van der Waals surface area contributed by atoms with Gasteiger partial charge >= 0.3 is 0 Å². The predicted octanol–water partition coefficient (Wildman–Crippen LogP) is 2.42. The SMILES string of the molecule is C=CC(=O)N(C)c1ccc(C(=O)Nc2ccc3c(c2)NC(=O)CO3)cc1. The van der Waals surface area contributed by atoms with Gasteiger partial charge < -0.3 is 20.3 Å². The molecule has 0 aromatic heterocycles. The largest absolute Gasteiger partial charge is 0.482 e. The molecule has 3 rings (SSSR count). The molecule has 1 aliphatic heterocycles. The third kappa shape index (κ3) is 3.56. The fourth-order valence-corrected chi connectivity index (χ4v) is 2.46. The number of hydrogen-bond donors (Lipinski definition) is 2. The summed E-state index contributed by atoms with van der Waals surface area (Å²) in [5.41, 5.74) is 2.13. The van der Waals surface area contributed by atoms with Gasteiger partial charge in [-0.05, 0) is 48.5 Å². The van der Waals surface area contributed by atoms with Crippen LogP contribution in [0.2, 0.25) is 0 Å². The number of hydrogen-bond acceptors (Lipinski definition) is 4. The van der Waals surface area contributed by atoms with Crippen LogP contribution < -0.4 is 20.3 Å². The summed E-state index contributed by atoms with van der Waals surface area (Å²) in [6.45, 7) is 3.42. The van der Waals surface area contributed by atoms with Gasteiger partial charge in [-0.2, -0.15) is 0 Å². The van der Waals surface area contributed by atoms with Crippen LogP contribution in [0.1, 0.15) is 10.4 Å². The number of carbonyl (C=O) groups excluding carboxylic acids is 3. The number of nitrogens with one attached hydrogen (secondary N) is 2. The summed E-state index contributed by atoms with van der Waals surface area (Å²) in [6.07, 6.45) is 1.22. The molecule has 7 nitrogen and oxygen atoms in total. The van der Waals surface area contributed by atoms with Crippen LogP contribution >= 0.6 is 0 Å². The normalized spacial score (nSPS) is 12.3. The molecular formula is C19H17N3O4. The molecule has 0 radical (unpaired) electrons. The van der Waals surface area contributed by atoms with E-state index in [1.165, 1.54) is 11.0 Å². The number of anilines is 3. The molecule has 0 bridgehead atoms. The first-order valence-corrected chi connectivity index (χ1v) is 7.86. The number of ether oxygens (including phenoxy) is 1. The molecule has 0 unspecified atom stereocenters. The highest BCUT2D eigenvalue weighted by Gasteiger charge is 2.17. The Morgan fingerprint density at radius 3 is 2.65 bits per heavy atom. The van der Waals surface area contributed by atoms with Gasteiger partial charge in [-0.15, -0.1) is 0 Å². The van der Waals surface area contributed by atoms with Crippen molar-refractivity contribution in [2.24, 2.45) is 0 Å². The minimum atomic E-state index is -0.308. The number of rotatable bonds is 4. The average molecular weight is 351 g/mol. The molecule has 0 saturated heterocycles. The Balaban J connectivity index is 1.72. The zero-order valence-electron chi connectivity index (χ0n) is 14.1. The van der Waals surface area contributed by atoms with Crippen molar-refractivity contribution in [2.75, 3.05) is 29.2 Å². The van der Waals surface area contributed by atoms with Gasteiger partial charge in [-0.25, -0.2) is 0 Å². The van der Waals surface area contributed by atoms with Crippen LogP contribution in [0.5, 0.6) is 5.75 Å². The Morgan fingerprint density at radius 1 is 1.23 bits per heavy atom. The number of carbonyl (C=O) groups is 3. The molecule has 0 aliphatic carbocycles. The molecule has 2 aromatic rings. The van der Waals surface area contributed by atoms with Gasteiger partial charge in [0, 0.05) is 24.0 Å². The summed E-state index contributed by atoms with van der Waals surface area (Å²) < 4.78 is 5.28. The second-order valence-corrected chi connectivity index (χ2v) is 5.65. The van der Waals surface area contributed by atoms with Gasteiger partial charge in [-0.3, -0.25) is 14.4 Å². The molecule has 3 amide bonds. The lowest BCUT2D eigenvalue weighted by Gasteiger charge is -2.18. The number of likely N-dealkylation sites (N-methyl/N-ethyl adjacent to an activating group) is 1. The fraction of sp³-hybridized carbons (Fsp3) is 0.105. The Bertz CT molecular complexity index is 890. The Kier molecular flexibility index (Phi) is 4.70. The van der Waals surface area contributed by atoms with Crippen molar-refractivity contribution < 1.29 is 19.1 Å². The molecule has 0 atom stereocenters. The highest BCUT2D eigenvalue weighted by molar-refractivity contribution is 6.06. The first-order chi connectivity index (χ1) is 12.5. The maximum Gasteiger partial charge on any atom is 0.262 e. The molecule has 132 valence electrons. The maximum atomic E-state index is 12.4. The van der Waals surface area contributed by atoms with Gasteiger partial charge in [0.25, 0.3) is 11.8 Å². The molecule has 0 saturated carbocycles. The van der Waals surface area contributed by atoms with Crippen molar-refractivity contribution in [3.63, 3.8) is 0 Å². The molecule has 1 aliphatic rings. The zero-order valence-corrected chi connectivity index (χ0v) is 14.1. The van der Waals surface area contributed by atoms with E-state index in [2.05, 4.69) is 17.2 Å². The molecule has 2 aromatic carbocycles.